The molecule has 0 saturated carbocycles. The molecule has 0 radical (unpaired) electrons. The SMILES string of the molecule is OSBP(I)SO. The highest BCUT2D eigenvalue weighted by atomic mass is 127. The van der Waals surface area contributed by atoms with Crippen molar-refractivity contribution in [3.05, 3.63) is 0 Å². The molecule has 1 unspecified atom stereocenters. The van der Waals surface area contributed by atoms with E-state index in [1.165, 1.54) is 0 Å². The van der Waals surface area contributed by atoms with E-state index in [2.05, 4.69) is 22.0 Å². The predicted molar refractivity (Wildman–Crippen MR) is 48.5 cm³/mol. The van der Waals surface area contributed by atoms with Crippen LogP contribution >= 0.6 is 50.2 Å². The van der Waals surface area contributed by atoms with Crippen molar-refractivity contribution in [2.45, 2.75) is 0 Å². The van der Waals surface area contributed by atoms with Crippen molar-refractivity contribution in [1.29, 1.82) is 0 Å². The second kappa shape index (κ2) is 5.97. The van der Waals surface area contributed by atoms with Crippen molar-refractivity contribution in [3.8, 4) is 0 Å². The Bertz CT molecular complexity index is 46.7. The highest BCUT2D eigenvalue weighted by Gasteiger charge is 2.02. The van der Waals surface area contributed by atoms with Crippen LogP contribution in [-0.2, 0) is 0 Å². The van der Waals surface area contributed by atoms with Gasteiger partial charge in [-0.25, -0.2) is 0 Å². The Morgan fingerprint density at radius 2 is 2.14 bits per heavy atom. The summed E-state index contributed by atoms with van der Waals surface area (Å²) < 4.78 is 16.0. The van der Waals surface area contributed by atoms with Gasteiger partial charge in [-0.05, 0) is 22.0 Å². The Kier molecular flexibility index (Phi) is 7.55. The van der Waals surface area contributed by atoms with Crippen molar-refractivity contribution in [2.75, 3.05) is 0 Å². The maximum absolute atomic E-state index is 8.28. The highest BCUT2D eigenvalue weighted by molar-refractivity contribution is 14.2. The van der Waals surface area contributed by atoms with Crippen LogP contribution in [0.25, 0.3) is 0 Å². The number of rotatable bonds is 3. The van der Waals surface area contributed by atoms with Crippen molar-refractivity contribution < 1.29 is 9.11 Å². The lowest BCUT2D eigenvalue weighted by Crippen LogP contribution is -1.67. The topological polar surface area (TPSA) is 40.5 Å². The summed E-state index contributed by atoms with van der Waals surface area (Å²) in [5.41, 5.74) is 0. The molecule has 2 nitrogen and oxygen atoms in total. The summed E-state index contributed by atoms with van der Waals surface area (Å²) in [6.45, 7) is 0. The number of hydrogen-bond acceptors (Lipinski definition) is 4. The molecule has 0 rings (SSSR count). The zero-order chi connectivity index (χ0) is 5.70. The summed E-state index contributed by atoms with van der Waals surface area (Å²) in [6, 6.07) is 0. The molecule has 0 fully saturated rings. The molecule has 1 atom stereocenters. The minimum atomic E-state index is -0.423. The standard InChI is InChI=1S/BH3IO2PS2/c2-5(7-4)1-6-3/h1,3-4H. The van der Waals surface area contributed by atoms with Gasteiger partial charge in [0.1, 0.15) is 0 Å². The molecule has 7 heteroatoms. The summed E-state index contributed by atoms with van der Waals surface area (Å²) in [7, 11) is 0. The van der Waals surface area contributed by atoms with E-state index in [0.717, 1.165) is 23.6 Å². The van der Waals surface area contributed by atoms with E-state index in [9.17, 15) is 0 Å². The maximum Gasteiger partial charge on any atom is 0.283 e. The number of halogens is 1. The molecule has 0 aromatic heterocycles. The van der Waals surface area contributed by atoms with Gasteiger partial charge in [0, 0.05) is 16.3 Å². The largest absolute Gasteiger partial charge is 0.342 e. The quantitative estimate of drug-likeness (QED) is 0.357. The van der Waals surface area contributed by atoms with E-state index in [0.29, 0.717) is 6.28 Å². The predicted octanol–water partition coefficient (Wildman–Crippen LogP) is 2.41. The molecule has 0 amide bonds. The lowest BCUT2D eigenvalue weighted by atomic mass is 10.7. The fraction of sp³-hybridized carbons (Fsp3) is 0. The van der Waals surface area contributed by atoms with Gasteiger partial charge in [0.05, 0.1) is 0 Å². The molecule has 0 aliphatic heterocycles. The maximum atomic E-state index is 8.28. The monoisotopic (exact) mass is 268 g/mol. The Hall–Kier alpha value is 1.84. The molecule has 0 aromatic carbocycles. The summed E-state index contributed by atoms with van der Waals surface area (Å²) in [5.74, 6) is 0. The molecule has 0 heterocycles. The first-order valence-corrected chi connectivity index (χ1v) is 7.96. The normalized spacial score (nSPS) is 13.6. The van der Waals surface area contributed by atoms with E-state index in [1.54, 1.807) is 0 Å². The van der Waals surface area contributed by atoms with Crippen LogP contribution in [0, 0.1) is 0 Å². The van der Waals surface area contributed by atoms with Gasteiger partial charge in [-0.1, -0.05) is 11.9 Å². The number of hydrogen-bond donors (Lipinski definition) is 2. The zero-order valence-electron chi connectivity index (χ0n) is 3.24. The second-order valence-electron chi connectivity index (χ2n) is 0.657. The van der Waals surface area contributed by atoms with Crippen LogP contribution in [0.4, 0.5) is 0 Å². The van der Waals surface area contributed by atoms with Crippen LogP contribution in [0.5, 0.6) is 0 Å². The van der Waals surface area contributed by atoms with Gasteiger partial charge in [-0.2, -0.15) is 0 Å². The first kappa shape index (κ1) is 8.84. The minimum Gasteiger partial charge on any atom is -0.342 e. The van der Waals surface area contributed by atoms with E-state index >= 15 is 0 Å². The molecule has 0 aliphatic rings. The van der Waals surface area contributed by atoms with E-state index in [-0.39, 0.29) is 0 Å². The van der Waals surface area contributed by atoms with Crippen molar-refractivity contribution in [1.82, 2.24) is 0 Å². The molecule has 0 spiro atoms. The molecule has 0 aromatic rings. The van der Waals surface area contributed by atoms with Crippen LogP contribution in [0.1, 0.15) is 0 Å². The van der Waals surface area contributed by atoms with Crippen molar-refractivity contribution in [2.24, 2.45) is 0 Å². The van der Waals surface area contributed by atoms with Gasteiger partial charge < -0.3 is 9.11 Å². The average molecular weight is 268 g/mol. The Morgan fingerprint density at radius 1 is 1.57 bits per heavy atom. The van der Waals surface area contributed by atoms with Gasteiger partial charge in [-0.15, -0.1) is 0 Å². The van der Waals surface area contributed by atoms with Gasteiger partial charge >= 0.3 is 0 Å². The Morgan fingerprint density at radius 3 is 2.29 bits per heavy atom. The first-order valence-electron chi connectivity index (χ1n) is 1.32. The second-order valence-corrected chi connectivity index (χ2v) is 10.0. The van der Waals surface area contributed by atoms with Gasteiger partial charge in [0.2, 0.25) is 0 Å². The zero-order valence-corrected chi connectivity index (χ0v) is 7.93. The third-order valence-corrected chi connectivity index (χ3v) is 7.27. The fourth-order valence-electron chi connectivity index (χ4n) is 0.0690. The van der Waals surface area contributed by atoms with Crippen LogP contribution in [0.3, 0.4) is 0 Å². The fourth-order valence-corrected chi connectivity index (χ4v) is 2.59. The molecular formula is H3BIO2PS2. The summed E-state index contributed by atoms with van der Waals surface area (Å²) in [4.78, 5) is 0. The lowest BCUT2D eigenvalue weighted by molar-refractivity contribution is 0.674. The van der Waals surface area contributed by atoms with Crippen molar-refractivity contribution in [3.63, 3.8) is 0 Å². The molecule has 0 bridgehead atoms. The molecule has 7 heavy (non-hydrogen) atoms. The highest BCUT2D eigenvalue weighted by Crippen LogP contribution is 2.55. The third kappa shape index (κ3) is 5.72. The first-order chi connectivity index (χ1) is 3.31. The van der Waals surface area contributed by atoms with E-state index in [1.807, 2.05) is 0 Å². The Balaban J connectivity index is 2.83. The lowest BCUT2D eigenvalue weighted by Gasteiger charge is -1.94. The van der Waals surface area contributed by atoms with Gasteiger partial charge in [-0.3, -0.25) is 0 Å². The van der Waals surface area contributed by atoms with Crippen LogP contribution in [0.2, 0.25) is 0 Å². The molecule has 0 aliphatic carbocycles. The molecular weight excluding hydrogens is 265 g/mol. The summed E-state index contributed by atoms with van der Waals surface area (Å²) in [5, 5.41) is 0. The minimum absolute atomic E-state index is 0.423. The molecule has 0 saturated heterocycles. The van der Waals surface area contributed by atoms with E-state index in [4.69, 9.17) is 9.11 Å². The average Bonchev–Trinajstić information content (AvgIpc) is 1.68. The van der Waals surface area contributed by atoms with Gasteiger partial charge in [0.15, 0.2) is 0 Å². The summed E-state index contributed by atoms with van der Waals surface area (Å²) in [6.07, 6.45) is 0.636. The molecule has 42 valence electrons. The van der Waals surface area contributed by atoms with Crippen LogP contribution in [-0.4, -0.2) is 15.4 Å². The van der Waals surface area contributed by atoms with Crippen LogP contribution < -0.4 is 0 Å². The van der Waals surface area contributed by atoms with Gasteiger partial charge in [0.25, 0.3) is 6.28 Å². The van der Waals surface area contributed by atoms with Crippen molar-refractivity contribution >= 4 is 56.5 Å². The molecule has 2 N–H and O–H groups in total. The van der Waals surface area contributed by atoms with E-state index < -0.39 is 4.64 Å². The smallest absolute Gasteiger partial charge is 0.283 e. The Labute approximate surface area is 65.3 Å². The summed E-state index contributed by atoms with van der Waals surface area (Å²) >= 11 is 3.70. The third-order valence-electron chi connectivity index (χ3n) is 0.248. The van der Waals surface area contributed by atoms with Crippen LogP contribution in [0.15, 0.2) is 0 Å².